The average Bonchev–Trinajstić information content (AvgIpc) is 3.41. The van der Waals surface area contributed by atoms with Gasteiger partial charge in [-0.05, 0) is 38.5 Å². The number of aliphatic hydroxyl groups excluding tert-OH is 1. The maximum absolute atomic E-state index is 14.2. The van der Waals surface area contributed by atoms with Crippen molar-refractivity contribution in [1.82, 2.24) is 9.80 Å². The van der Waals surface area contributed by atoms with Crippen LogP contribution in [0.15, 0.2) is 12.7 Å². The molecule has 34 heavy (non-hydrogen) atoms. The first-order valence-corrected chi connectivity index (χ1v) is 12.9. The van der Waals surface area contributed by atoms with Crippen LogP contribution in [0.1, 0.15) is 66.7 Å². The van der Waals surface area contributed by atoms with Crippen LogP contribution in [0.4, 0.5) is 0 Å². The first kappa shape index (κ1) is 26.7. The van der Waals surface area contributed by atoms with Crippen molar-refractivity contribution in [3.63, 3.8) is 0 Å². The highest BCUT2D eigenvalue weighted by atomic mass is 16.6. The topological polar surface area (TPSA) is 96.4 Å². The molecule has 2 unspecified atom stereocenters. The number of hydrogen-bond donors (Lipinski definition) is 1. The Morgan fingerprint density at radius 1 is 1.32 bits per heavy atom. The molecule has 2 bridgehead atoms. The minimum atomic E-state index is -1.10. The zero-order chi connectivity index (χ0) is 25.3. The molecule has 0 aromatic heterocycles. The van der Waals surface area contributed by atoms with E-state index in [-0.39, 0.29) is 30.9 Å². The number of esters is 1. The standard InChI is InChI=1S/C26H42N2O6/c1-7-11-15-27(14-8-2)23(31)21-26-13-12-25(9-3,34-26)20(24(32)33-10-4)19(26)22(30)28(21)18(16-29)17(5)6/h8,17-21,29H,2,7,9-16H2,1,3-6H3/t18-,19-,20+,21?,25-,26?/m0/s1. The molecule has 0 saturated carbocycles. The number of unbranched alkanes of at least 4 members (excludes halogenated alkanes) is 1. The summed E-state index contributed by atoms with van der Waals surface area (Å²) in [5, 5.41) is 10.3. The van der Waals surface area contributed by atoms with Crippen molar-refractivity contribution in [2.75, 3.05) is 26.3 Å². The Bertz CT molecular complexity index is 800. The van der Waals surface area contributed by atoms with E-state index in [1.165, 1.54) is 0 Å². The lowest BCUT2D eigenvalue weighted by Crippen LogP contribution is -2.59. The fraction of sp³-hybridized carbons (Fsp3) is 0.808. The number of hydrogen-bond acceptors (Lipinski definition) is 6. The van der Waals surface area contributed by atoms with E-state index in [0.717, 1.165) is 12.8 Å². The smallest absolute Gasteiger partial charge is 0.312 e. The SMILES string of the molecule is C=CCN(CCCC)C(=O)C1N([C@@H](CO)C(C)C)C(=O)[C@@H]2[C@H](C(=O)OCC)[C@]3(CC)CCC12O3. The van der Waals surface area contributed by atoms with Crippen LogP contribution in [-0.2, 0) is 23.9 Å². The van der Waals surface area contributed by atoms with Crippen LogP contribution in [0.2, 0.25) is 0 Å². The maximum Gasteiger partial charge on any atom is 0.312 e. The fourth-order valence-corrected chi connectivity index (χ4v) is 6.47. The summed E-state index contributed by atoms with van der Waals surface area (Å²) in [4.78, 5) is 44.7. The monoisotopic (exact) mass is 478 g/mol. The predicted molar refractivity (Wildman–Crippen MR) is 128 cm³/mol. The number of ether oxygens (including phenoxy) is 2. The zero-order valence-corrected chi connectivity index (χ0v) is 21.4. The minimum Gasteiger partial charge on any atom is -0.466 e. The highest BCUT2D eigenvalue weighted by Gasteiger charge is 2.79. The number of carbonyl (C=O) groups is 3. The summed E-state index contributed by atoms with van der Waals surface area (Å²) in [7, 11) is 0. The van der Waals surface area contributed by atoms with E-state index in [1.54, 1.807) is 22.8 Å². The number of amides is 2. The van der Waals surface area contributed by atoms with E-state index in [0.29, 0.717) is 32.4 Å². The zero-order valence-electron chi connectivity index (χ0n) is 21.4. The van der Waals surface area contributed by atoms with Crippen LogP contribution >= 0.6 is 0 Å². The Balaban J connectivity index is 2.15. The highest BCUT2D eigenvalue weighted by Crippen LogP contribution is 2.65. The molecule has 3 aliphatic rings. The summed E-state index contributed by atoms with van der Waals surface area (Å²) in [5.41, 5.74) is -1.91. The van der Waals surface area contributed by atoms with Crippen molar-refractivity contribution < 1.29 is 29.0 Å². The average molecular weight is 479 g/mol. The van der Waals surface area contributed by atoms with Crippen LogP contribution in [0.25, 0.3) is 0 Å². The van der Waals surface area contributed by atoms with E-state index < -0.39 is 41.1 Å². The van der Waals surface area contributed by atoms with E-state index >= 15 is 0 Å². The quantitative estimate of drug-likeness (QED) is 0.342. The van der Waals surface area contributed by atoms with Crippen molar-refractivity contribution in [2.45, 2.75) is 90.0 Å². The van der Waals surface area contributed by atoms with Gasteiger partial charge in [0.05, 0.1) is 30.8 Å². The number of fused-ring (bicyclic) bond motifs is 1. The summed E-state index contributed by atoms with van der Waals surface area (Å²) in [5.74, 6) is -2.54. The molecule has 3 rings (SSSR count). The fourth-order valence-electron chi connectivity index (χ4n) is 6.47. The minimum absolute atomic E-state index is 0.0821. The molecule has 0 aromatic rings. The van der Waals surface area contributed by atoms with Gasteiger partial charge in [-0.2, -0.15) is 0 Å². The number of nitrogens with zero attached hydrogens (tertiary/aromatic N) is 2. The number of carbonyl (C=O) groups excluding carboxylic acids is 3. The molecule has 3 fully saturated rings. The van der Waals surface area contributed by atoms with Crippen molar-refractivity contribution >= 4 is 17.8 Å². The molecule has 0 radical (unpaired) electrons. The van der Waals surface area contributed by atoms with Crippen molar-refractivity contribution in [3.8, 4) is 0 Å². The molecule has 0 aromatic carbocycles. The molecule has 3 saturated heterocycles. The summed E-state index contributed by atoms with van der Waals surface area (Å²) in [6.45, 7) is 14.3. The van der Waals surface area contributed by atoms with Gasteiger partial charge >= 0.3 is 5.97 Å². The number of rotatable bonds is 12. The Labute approximate surface area is 203 Å². The van der Waals surface area contributed by atoms with Gasteiger partial charge < -0.3 is 24.4 Å². The third kappa shape index (κ3) is 3.96. The molecule has 0 aliphatic carbocycles. The normalized spacial score (nSPS) is 32.7. The Morgan fingerprint density at radius 2 is 2.03 bits per heavy atom. The van der Waals surface area contributed by atoms with Crippen molar-refractivity contribution in [1.29, 1.82) is 0 Å². The second-order valence-electron chi connectivity index (χ2n) is 10.3. The summed E-state index contributed by atoms with van der Waals surface area (Å²) in [6.07, 6.45) is 5.12. The molecular formula is C26H42N2O6. The van der Waals surface area contributed by atoms with Gasteiger partial charge in [0.25, 0.3) is 0 Å². The molecule has 8 heteroatoms. The van der Waals surface area contributed by atoms with Gasteiger partial charge in [-0.15, -0.1) is 6.58 Å². The van der Waals surface area contributed by atoms with Crippen LogP contribution in [0, 0.1) is 17.8 Å². The third-order valence-corrected chi connectivity index (χ3v) is 8.15. The molecule has 6 atom stereocenters. The molecule has 8 nitrogen and oxygen atoms in total. The van der Waals surface area contributed by atoms with Gasteiger partial charge in [-0.1, -0.05) is 40.2 Å². The van der Waals surface area contributed by atoms with Crippen LogP contribution in [-0.4, -0.2) is 82.3 Å². The Morgan fingerprint density at radius 3 is 2.56 bits per heavy atom. The molecule has 3 heterocycles. The Hall–Kier alpha value is -1.93. The molecule has 1 spiro atoms. The van der Waals surface area contributed by atoms with Gasteiger partial charge in [0.15, 0.2) is 0 Å². The van der Waals surface area contributed by atoms with Gasteiger partial charge in [0, 0.05) is 13.1 Å². The van der Waals surface area contributed by atoms with Gasteiger partial charge in [0.1, 0.15) is 17.6 Å². The lowest BCUT2D eigenvalue weighted by atomic mass is 9.65. The van der Waals surface area contributed by atoms with Crippen molar-refractivity contribution in [3.05, 3.63) is 12.7 Å². The number of likely N-dealkylation sites (tertiary alicyclic amines) is 1. The highest BCUT2D eigenvalue weighted by molar-refractivity contribution is 5.98. The summed E-state index contributed by atoms with van der Waals surface area (Å²) >= 11 is 0. The second kappa shape index (κ2) is 10.4. The van der Waals surface area contributed by atoms with Crippen LogP contribution < -0.4 is 0 Å². The first-order valence-electron chi connectivity index (χ1n) is 12.9. The predicted octanol–water partition coefficient (Wildman–Crippen LogP) is 2.54. The molecule has 2 amide bonds. The van der Waals surface area contributed by atoms with Gasteiger partial charge in [-0.3, -0.25) is 14.4 Å². The van der Waals surface area contributed by atoms with E-state index in [9.17, 15) is 19.5 Å². The summed E-state index contributed by atoms with van der Waals surface area (Å²) in [6, 6.07) is -1.45. The van der Waals surface area contributed by atoms with E-state index in [4.69, 9.17) is 9.47 Å². The largest absolute Gasteiger partial charge is 0.466 e. The van der Waals surface area contributed by atoms with Crippen molar-refractivity contribution in [2.24, 2.45) is 17.8 Å². The van der Waals surface area contributed by atoms with Crippen LogP contribution in [0.5, 0.6) is 0 Å². The number of aliphatic hydroxyl groups is 1. The molecular weight excluding hydrogens is 436 g/mol. The van der Waals surface area contributed by atoms with E-state index in [2.05, 4.69) is 13.5 Å². The first-order chi connectivity index (χ1) is 16.2. The van der Waals surface area contributed by atoms with Gasteiger partial charge in [0.2, 0.25) is 11.8 Å². The lowest BCUT2D eigenvalue weighted by Gasteiger charge is -2.40. The van der Waals surface area contributed by atoms with Gasteiger partial charge in [-0.25, -0.2) is 0 Å². The molecule has 192 valence electrons. The van der Waals surface area contributed by atoms with Crippen LogP contribution in [0.3, 0.4) is 0 Å². The third-order valence-electron chi connectivity index (χ3n) is 8.15. The van der Waals surface area contributed by atoms with E-state index in [1.807, 2.05) is 20.8 Å². The Kier molecular flexibility index (Phi) is 8.13. The lowest BCUT2D eigenvalue weighted by molar-refractivity contribution is -0.164. The summed E-state index contributed by atoms with van der Waals surface area (Å²) < 4.78 is 12.1. The second-order valence-corrected chi connectivity index (χ2v) is 10.3. The molecule has 1 N–H and O–H groups in total. The maximum atomic E-state index is 14.2. The molecule has 3 aliphatic heterocycles.